The molecule has 0 aliphatic heterocycles. The van der Waals surface area contributed by atoms with Gasteiger partial charge in [-0.15, -0.1) is 16.4 Å². The van der Waals surface area contributed by atoms with Crippen LogP contribution in [0, 0.1) is 0 Å². The van der Waals surface area contributed by atoms with E-state index in [9.17, 15) is 4.79 Å². The van der Waals surface area contributed by atoms with Gasteiger partial charge in [-0.25, -0.2) is 4.68 Å². The summed E-state index contributed by atoms with van der Waals surface area (Å²) >= 11 is 1.65. The number of nitrogens with zero attached hydrogens (tertiary/aromatic N) is 4. The average Bonchev–Trinajstić information content (AvgIpc) is 3.11. The molecule has 0 bridgehead atoms. The molecule has 0 radical (unpaired) electrons. The number of rotatable bonds is 8. The predicted molar refractivity (Wildman–Crippen MR) is 82.8 cm³/mol. The van der Waals surface area contributed by atoms with Crippen LogP contribution in [0.2, 0.25) is 0 Å². The Morgan fingerprint density at radius 2 is 2.33 bits per heavy atom. The van der Waals surface area contributed by atoms with Crippen molar-refractivity contribution in [3.05, 3.63) is 34.3 Å². The summed E-state index contributed by atoms with van der Waals surface area (Å²) in [4.78, 5) is 15.0. The van der Waals surface area contributed by atoms with E-state index in [1.54, 1.807) is 28.0 Å². The SMILES string of the molecule is CN(Cc1cccs1)C(=O)Cn1cc(CCCCN)nn1. The Hall–Kier alpha value is -1.73. The first kappa shape index (κ1) is 15.7. The molecule has 114 valence electrons. The lowest BCUT2D eigenvalue weighted by atomic mass is 10.2. The van der Waals surface area contributed by atoms with Crippen LogP contribution >= 0.6 is 11.3 Å². The number of aryl methyl sites for hydroxylation is 1. The molecule has 21 heavy (non-hydrogen) atoms. The number of likely N-dealkylation sites (N-methyl/N-ethyl adjacent to an activating group) is 1. The quantitative estimate of drug-likeness (QED) is 0.745. The minimum Gasteiger partial charge on any atom is -0.339 e. The fourth-order valence-electron chi connectivity index (χ4n) is 1.96. The first-order valence-corrected chi connectivity index (χ1v) is 7.92. The molecular weight excluding hydrogens is 286 g/mol. The van der Waals surface area contributed by atoms with E-state index in [0.717, 1.165) is 25.0 Å². The molecule has 2 N–H and O–H groups in total. The second kappa shape index (κ2) is 7.90. The van der Waals surface area contributed by atoms with Crippen molar-refractivity contribution in [2.24, 2.45) is 5.73 Å². The van der Waals surface area contributed by atoms with E-state index < -0.39 is 0 Å². The minimum absolute atomic E-state index is 0.0295. The molecule has 0 saturated heterocycles. The topological polar surface area (TPSA) is 77.0 Å². The van der Waals surface area contributed by atoms with E-state index in [-0.39, 0.29) is 12.5 Å². The smallest absolute Gasteiger partial charge is 0.244 e. The van der Waals surface area contributed by atoms with Crippen molar-refractivity contribution in [3.8, 4) is 0 Å². The van der Waals surface area contributed by atoms with Gasteiger partial charge in [-0.2, -0.15) is 0 Å². The van der Waals surface area contributed by atoms with Crippen molar-refractivity contribution in [1.29, 1.82) is 0 Å². The molecule has 0 aliphatic carbocycles. The maximum atomic E-state index is 12.1. The maximum absolute atomic E-state index is 12.1. The van der Waals surface area contributed by atoms with Gasteiger partial charge in [0.15, 0.2) is 0 Å². The highest BCUT2D eigenvalue weighted by Crippen LogP contribution is 2.11. The average molecular weight is 307 g/mol. The summed E-state index contributed by atoms with van der Waals surface area (Å²) < 4.78 is 1.60. The van der Waals surface area contributed by atoms with Crippen LogP contribution in [0.4, 0.5) is 0 Å². The van der Waals surface area contributed by atoms with Crippen molar-refractivity contribution in [2.75, 3.05) is 13.6 Å². The number of thiophene rings is 1. The Labute approximate surface area is 128 Å². The highest BCUT2D eigenvalue weighted by atomic mass is 32.1. The molecule has 0 aromatic carbocycles. The Morgan fingerprint density at radius 1 is 1.48 bits per heavy atom. The summed E-state index contributed by atoms with van der Waals surface area (Å²) in [5.41, 5.74) is 6.38. The zero-order valence-electron chi connectivity index (χ0n) is 12.2. The Morgan fingerprint density at radius 3 is 3.05 bits per heavy atom. The van der Waals surface area contributed by atoms with Crippen molar-refractivity contribution in [3.63, 3.8) is 0 Å². The van der Waals surface area contributed by atoms with Crippen molar-refractivity contribution >= 4 is 17.2 Å². The number of carbonyl (C=O) groups is 1. The second-order valence-electron chi connectivity index (χ2n) is 4.98. The van der Waals surface area contributed by atoms with E-state index >= 15 is 0 Å². The molecule has 1 amide bonds. The van der Waals surface area contributed by atoms with E-state index in [4.69, 9.17) is 5.73 Å². The highest BCUT2D eigenvalue weighted by molar-refractivity contribution is 7.09. The molecule has 0 atom stereocenters. The summed E-state index contributed by atoms with van der Waals surface area (Å²) in [7, 11) is 1.81. The molecule has 2 rings (SSSR count). The number of unbranched alkanes of at least 4 members (excludes halogenated alkanes) is 1. The van der Waals surface area contributed by atoms with Gasteiger partial charge in [0, 0.05) is 18.1 Å². The Bertz CT molecular complexity index is 551. The number of hydrogen-bond donors (Lipinski definition) is 1. The number of aromatic nitrogens is 3. The molecule has 2 heterocycles. The third kappa shape index (κ3) is 4.95. The van der Waals surface area contributed by atoms with Crippen LogP contribution in [0.15, 0.2) is 23.7 Å². The molecular formula is C14H21N5OS. The fraction of sp³-hybridized carbons (Fsp3) is 0.500. The first-order chi connectivity index (χ1) is 10.2. The van der Waals surface area contributed by atoms with Crippen molar-refractivity contribution < 1.29 is 4.79 Å². The molecule has 0 aliphatic rings. The summed E-state index contributed by atoms with van der Waals surface area (Å²) in [5, 5.41) is 10.1. The molecule has 0 spiro atoms. The lowest BCUT2D eigenvalue weighted by Gasteiger charge is -2.15. The van der Waals surface area contributed by atoms with Gasteiger partial charge in [-0.1, -0.05) is 11.3 Å². The first-order valence-electron chi connectivity index (χ1n) is 7.04. The van der Waals surface area contributed by atoms with Gasteiger partial charge in [0.2, 0.25) is 5.91 Å². The Balaban J connectivity index is 1.81. The number of amides is 1. The zero-order valence-corrected chi connectivity index (χ0v) is 13.1. The van der Waals surface area contributed by atoms with Gasteiger partial charge in [-0.05, 0) is 37.3 Å². The fourth-order valence-corrected chi connectivity index (χ4v) is 2.72. The molecule has 2 aromatic rings. The third-order valence-corrected chi connectivity index (χ3v) is 4.03. The van der Waals surface area contributed by atoms with Crippen LogP contribution in [0.25, 0.3) is 0 Å². The summed E-state index contributed by atoms with van der Waals surface area (Å²) in [6.07, 6.45) is 4.68. The van der Waals surface area contributed by atoms with Crippen LogP contribution in [-0.2, 0) is 24.3 Å². The summed E-state index contributed by atoms with van der Waals surface area (Å²) in [6, 6.07) is 4.02. The number of nitrogens with two attached hydrogens (primary N) is 1. The standard InChI is InChI=1S/C14H21N5OS/c1-18(10-13-6-4-8-21-13)14(20)11-19-9-12(16-17-19)5-2-3-7-15/h4,6,8-9H,2-3,5,7,10-11,15H2,1H3. The Kier molecular flexibility index (Phi) is 5.89. The highest BCUT2D eigenvalue weighted by Gasteiger charge is 2.12. The normalized spacial score (nSPS) is 10.8. The van der Waals surface area contributed by atoms with Gasteiger partial charge >= 0.3 is 0 Å². The van der Waals surface area contributed by atoms with E-state index in [1.807, 2.05) is 23.7 Å². The van der Waals surface area contributed by atoms with Gasteiger partial charge in [0.1, 0.15) is 6.54 Å². The van der Waals surface area contributed by atoms with Crippen LogP contribution in [0.5, 0.6) is 0 Å². The monoisotopic (exact) mass is 307 g/mol. The maximum Gasteiger partial charge on any atom is 0.244 e. The largest absolute Gasteiger partial charge is 0.339 e. The predicted octanol–water partition coefficient (Wildman–Crippen LogP) is 1.28. The number of hydrogen-bond acceptors (Lipinski definition) is 5. The molecule has 6 nitrogen and oxygen atoms in total. The van der Waals surface area contributed by atoms with Gasteiger partial charge in [0.25, 0.3) is 0 Å². The minimum atomic E-state index is 0.0295. The van der Waals surface area contributed by atoms with E-state index in [0.29, 0.717) is 13.1 Å². The van der Waals surface area contributed by atoms with Crippen LogP contribution < -0.4 is 5.73 Å². The summed E-state index contributed by atoms with van der Waals surface area (Å²) in [6.45, 7) is 1.56. The lowest BCUT2D eigenvalue weighted by molar-refractivity contribution is -0.131. The lowest BCUT2D eigenvalue weighted by Crippen LogP contribution is -2.29. The second-order valence-corrected chi connectivity index (χ2v) is 6.01. The summed E-state index contributed by atoms with van der Waals surface area (Å²) in [5.74, 6) is 0.0295. The van der Waals surface area contributed by atoms with Crippen molar-refractivity contribution in [1.82, 2.24) is 19.9 Å². The van der Waals surface area contributed by atoms with Crippen LogP contribution in [-0.4, -0.2) is 39.4 Å². The van der Waals surface area contributed by atoms with E-state index in [1.165, 1.54) is 4.88 Å². The number of carbonyl (C=O) groups excluding carboxylic acids is 1. The van der Waals surface area contributed by atoms with Gasteiger partial charge in [-0.3, -0.25) is 4.79 Å². The molecule has 2 aromatic heterocycles. The van der Waals surface area contributed by atoms with Crippen molar-refractivity contribution in [2.45, 2.75) is 32.4 Å². The third-order valence-electron chi connectivity index (χ3n) is 3.17. The van der Waals surface area contributed by atoms with E-state index in [2.05, 4.69) is 10.3 Å². The van der Waals surface area contributed by atoms with Gasteiger partial charge < -0.3 is 10.6 Å². The van der Waals surface area contributed by atoms with Crippen LogP contribution in [0.3, 0.4) is 0 Å². The van der Waals surface area contributed by atoms with Crippen LogP contribution in [0.1, 0.15) is 23.4 Å². The van der Waals surface area contributed by atoms with Gasteiger partial charge in [0.05, 0.1) is 12.2 Å². The molecule has 7 heteroatoms. The zero-order chi connectivity index (χ0) is 15.1. The molecule has 0 saturated carbocycles. The molecule has 0 unspecified atom stereocenters. The molecule has 0 fully saturated rings.